The molecule has 1 aromatic carbocycles. The number of halogens is 2. The van der Waals surface area contributed by atoms with Gasteiger partial charge in [0, 0.05) is 0 Å². The predicted molar refractivity (Wildman–Crippen MR) is 92.9 cm³/mol. The summed E-state index contributed by atoms with van der Waals surface area (Å²) in [6.45, 7) is 0. The molecule has 0 spiro atoms. The molecule has 126 valence electrons. The second kappa shape index (κ2) is 7.82. The Balaban J connectivity index is 1.68. The van der Waals surface area contributed by atoms with Crippen molar-refractivity contribution in [2.24, 2.45) is 5.10 Å². The second-order valence-corrected chi connectivity index (χ2v) is 5.93. The molecule has 6 nitrogen and oxygen atoms in total. The fraction of sp³-hybridized carbons (Fsp3) is 0. The van der Waals surface area contributed by atoms with Crippen LogP contribution in [-0.2, 0) is 0 Å². The number of thiophene rings is 1. The summed E-state index contributed by atoms with van der Waals surface area (Å²) in [5.41, 5.74) is 3.06. The van der Waals surface area contributed by atoms with E-state index in [1.165, 1.54) is 17.6 Å². The van der Waals surface area contributed by atoms with E-state index in [1.807, 2.05) is 0 Å². The molecule has 9 heteroatoms. The van der Waals surface area contributed by atoms with Crippen LogP contribution in [0.5, 0.6) is 11.6 Å². The van der Waals surface area contributed by atoms with E-state index in [0.29, 0.717) is 16.2 Å². The number of ether oxygens (including phenoxy) is 1. The monoisotopic (exact) mass is 376 g/mol. The van der Waals surface area contributed by atoms with Gasteiger partial charge in [0.05, 0.1) is 17.3 Å². The van der Waals surface area contributed by atoms with Gasteiger partial charge in [-0.25, -0.2) is 10.4 Å². The molecule has 0 radical (unpaired) electrons. The van der Waals surface area contributed by atoms with Gasteiger partial charge in [-0.05, 0) is 40.7 Å². The number of carbonyl (C=O) groups excluding carboxylic acids is 1. The van der Waals surface area contributed by atoms with Crippen molar-refractivity contribution in [3.63, 3.8) is 0 Å². The van der Waals surface area contributed by atoms with Gasteiger partial charge in [0.25, 0.3) is 11.8 Å². The summed E-state index contributed by atoms with van der Waals surface area (Å²) in [5, 5.41) is 5.57. The Kier molecular flexibility index (Phi) is 5.32. The third kappa shape index (κ3) is 4.59. The van der Waals surface area contributed by atoms with Crippen molar-refractivity contribution < 1.29 is 13.9 Å². The van der Waals surface area contributed by atoms with Gasteiger partial charge in [-0.2, -0.15) is 14.5 Å². The zero-order valence-electron chi connectivity index (χ0n) is 12.5. The van der Waals surface area contributed by atoms with E-state index in [2.05, 4.69) is 20.5 Å². The maximum Gasteiger partial charge on any atom is 0.281 e. The second-order valence-electron chi connectivity index (χ2n) is 4.64. The maximum absolute atomic E-state index is 13.6. The fourth-order valence-electron chi connectivity index (χ4n) is 1.80. The van der Waals surface area contributed by atoms with Crippen LogP contribution in [0.1, 0.15) is 15.2 Å². The summed E-state index contributed by atoms with van der Waals surface area (Å²) < 4.78 is 19.0. The summed E-state index contributed by atoms with van der Waals surface area (Å²) in [5.74, 6) is -0.967. The summed E-state index contributed by atoms with van der Waals surface area (Å²) in [6, 6.07) is 10.1. The molecule has 0 aliphatic heterocycles. The van der Waals surface area contributed by atoms with Gasteiger partial charge in [0.1, 0.15) is 5.75 Å². The topological polar surface area (TPSA) is 76.5 Å². The van der Waals surface area contributed by atoms with Gasteiger partial charge >= 0.3 is 0 Å². The minimum Gasteiger partial charge on any atom is -0.436 e. The molecule has 2 heterocycles. The van der Waals surface area contributed by atoms with Crippen LogP contribution in [0.3, 0.4) is 0 Å². The van der Waals surface area contributed by atoms with Crippen LogP contribution in [0.15, 0.2) is 53.1 Å². The zero-order valence-corrected chi connectivity index (χ0v) is 14.1. The van der Waals surface area contributed by atoms with Gasteiger partial charge in [-0.3, -0.25) is 4.79 Å². The third-order valence-electron chi connectivity index (χ3n) is 2.88. The largest absolute Gasteiger partial charge is 0.436 e. The molecule has 0 aliphatic carbocycles. The SMILES string of the molecule is O=C(NN=Cc1cccc(Oc2nc(Cl)ncc2F)c1)c1cccs1. The highest BCUT2D eigenvalue weighted by Crippen LogP contribution is 2.23. The first-order chi connectivity index (χ1) is 12.1. The number of rotatable bonds is 5. The van der Waals surface area contributed by atoms with Crippen LogP contribution in [0.25, 0.3) is 0 Å². The average Bonchev–Trinajstić information content (AvgIpc) is 3.13. The van der Waals surface area contributed by atoms with E-state index in [-0.39, 0.29) is 17.1 Å². The molecule has 3 aromatic rings. The van der Waals surface area contributed by atoms with Gasteiger partial charge in [0.2, 0.25) is 11.1 Å². The molecule has 0 saturated carbocycles. The van der Waals surface area contributed by atoms with Crippen molar-refractivity contribution in [1.29, 1.82) is 0 Å². The first-order valence-electron chi connectivity index (χ1n) is 6.95. The number of hydrogen-bond donors (Lipinski definition) is 1. The maximum atomic E-state index is 13.6. The van der Waals surface area contributed by atoms with Crippen LogP contribution in [0.4, 0.5) is 4.39 Å². The van der Waals surface area contributed by atoms with E-state index in [9.17, 15) is 9.18 Å². The number of hydrazone groups is 1. The minimum atomic E-state index is -0.730. The number of benzene rings is 1. The number of amides is 1. The highest BCUT2D eigenvalue weighted by atomic mass is 35.5. The van der Waals surface area contributed by atoms with E-state index in [0.717, 1.165) is 6.20 Å². The van der Waals surface area contributed by atoms with E-state index >= 15 is 0 Å². The van der Waals surface area contributed by atoms with E-state index in [4.69, 9.17) is 16.3 Å². The minimum absolute atomic E-state index is 0.120. The molecular formula is C16H10ClFN4O2S. The van der Waals surface area contributed by atoms with Gasteiger partial charge in [0.15, 0.2) is 0 Å². The Morgan fingerprint density at radius 2 is 2.24 bits per heavy atom. The number of aromatic nitrogens is 2. The van der Waals surface area contributed by atoms with Gasteiger partial charge in [-0.15, -0.1) is 11.3 Å². The van der Waals surface area contributed by atoms with Crippen molar-refractivity contribution in [3.8, 4) is 11.6 Å². The Hall–Kier alpha value is -2.84. The lowest BCUT2D eigenvalue weighted by Crippen LogP contribution is -2.16. The number of carbonyl (C=O) groups is 1. The molecule has 1 amide bonds. The standard InChI is InChI=1S/C16H10ClFN4O2S/c17-16-19-9-12(18)15(21-16)24-11-4-1-3-10(7-11)8-20-22-14(23)13-5-2-6-25-13/h1-9H,(H,22,23). The molecule has 2 aromatic heterocycles. The zero-order chi connectivity index (χ0) is 17.6. The molecular weight excluding hydrogens is 367 g/mol. The van der Waals surface area contributed by atoms with Gasteiger partial charge < -0.3 is 4.74 Å². The normalized spacial score (nSPS) is 10.8. The molecule has 0 aliphatic rings. The number of hydrogen-bond acceptors (Lipinski definition) is 6. The Bertz CT molecular complexity index is 918. The van der Waals surface area contributed by atoms with Crippen molar-refractivity contribution in [1.82, 2.24) is 15.4 Å². The lowest BCUT2D eigenvalue weighted by Gasteiger charge is -2.06. The highest BCUT2D eigenvalue weighted by Gasteiger charge is 2.09. The number of nitrogens with one attached hydrogen (secondary N) is 1. The van der Waals surface area contributed by atoms with Gasteiger partial charge in [-0.1, -0.05) is 18.2 Å². The molecule has 0 unspecified atom stereocenters. The van der Waals surface area contributed by atoms with Crippen molar-refractivity contribution in [3.05, 3.63) is 69.5 Å². The third-order valence-corrected chi connectivity index (χ3v) is 3.93. The smallest absolute Gasteiger partial charge is 0.281 e. The molecule has 3 rings (SSSR count). The summed E-state index contributed by atoms with van der Waals surface area (Å²) in [7, 11) is 0. The molecule has 0 atom stereocenters. The molecule has 0 saturated heterocycles. The lowest BCUT2D eigenvalue weighted by molar-refractivity contribution is 0.0959. The summed E-state index contributed by atoms with van der Waals surface area (Å²) >= 11 is 6.94. The van der Waals surface area contributed by atoms with E-state index < -0.39 is 5.82 Å². The Morgan fingerprint density at radius 1 is 1.36 bits per heavy atom. The average molecular weight is 377 g/mol. The van der Waals surface area contributed by atoms with Crippen LogP contribution in [-0.4, -0.2) is 22.1 Å². The number of nitrogens with zero attached hydrogens (tertiary/aromatic N) is 3. The molecule has 0 fully saturated rings. The first-order valence-corrected chi connectivity index (χ1v) is 8.20. The quantitative estimate of drug-likeness (QED) is 0.416. The van der Waals surface area contributed by atoms with E-state index in [1.54, 1.807) is 41.8 Å². The van der Waals surface area contributed by atoms with Crippen molar-refractivity contribution >= 4 is 35.1 Å². The molecule has 1 N–H and O–H groups in total. The summed E-state index contributed by atoms with van der Waals surface area (Å²) in [6.07, 6.45) is 2.37. The lowest BCUT2D eigenvalue weighted by atomic mass is 10.2. The molecule has 0 bridgehead atoms. The fourth-order valence-corrected chi connectivity index (χ4v) is 2.54. The Morgan fingerprint density at radius 3 is 3.04 bits per heavy atom. The molecule has 25 heavy (non-hydrogen) atoms. The van der Waals surface area contributed by atoms with Crippen LogP contribution < -0.4 is 10.2 Å². The van der Waals surface area contributed by atoms with Crippen molar-refractivity contribution in [2.75, 3.05) is 0 Å². The van der Waals surface area contributed by atoms with Crippen LogP contribution in [0.2, 0.25) is 5.28 Å². The van der Waals surface area contributed by atoms with Crippen LogP contribution in [0, 0.1) is 5.82 Å². The van der Waals surface area contributed by atoms with Crippen molar-refractivity contribution in [2.45, 2.75) is 0 Å². The Labute approximate surface area is 151 Å². The highest BCUT2D eigenvalue weighted by molar-refractivity contribution is 7.12. The first kappa shape index (κ1) is 17.0. The predicted octanol–water partition coefficient (Wildman–Crippen LogP) is 3.89. The van der Waals surface area contributed by atoms with Crippen LogP contribution >= 0.6 is 22.9 Å². The summed E-state index contributed by atoms with van der Waals surface area (Å²) in [4.78, 5) is 19.5.